The Labute approximate surface area is 172 Å². The molecule has 0 aliphatic heterocycles. The molecule has 0 radical (unpaired) electrons. The number of aryl methyl sites for hydroxylation is 1. The lowest BCUT2D eigenvalue weighted by Crippen LogP contribution is -2.10. The van der Waals surface area contributed by atoms with E-state index in [-0.39, 0.29) is 11.7 Å². The van der Waals surface area contributed by atoms with Crippen LogP contribution in [0.25, 0.3) is 6.08 Å². The summed E-state index contributed by atoms with van der Waals surface area (Å²) in [5, 5.41) is 8.34. The minimum Gasteiger partial charge on any atom is -0.319 e. The highest BCUT2D eigenvalue weighted by Gasteiger charge is 2.14. The first kappa shape index (κ1) is 20.1. The van der Waals surface area contributed by atoms with Crippen LogP contribution in [0.5, 0.6) is 0 Å². The maximum atomic E-state index is 12.9. The summed E-state index contributed by atoms with van der Waals surface area (Å²) in [6.45, 7) is 4.22. The molecule has 28 heavy (non-hydrogen) atoms. The van der Waals surface area contributed by atoms with Crippen molar-refractivity contribution in [1.29, 1.82) is 0 Å². The van der Waals surface area contributed by atoms with Gasteiger partial charge in [-0.3, -0.25) is 9.48 Å². The van der Waals surface area contributed by atoms with E-state index < -0.39 is 0 Å². The van der Waals surface area contributed by atoms with Crippen LogP contribution in [0.3, 0.4) is 0 Å². The van der Waals surface area contributed by atoms with Gasteiger partial charge in [0.25, 0.3) is 0 Å². The zero-order valence-corrected chi connectivity index (χ0v) is 16.9. The molecule has 2 aromatic carbocycles. The zero-order chi connectivity index (χ0) is 20.3. The maximum absolute atomic E-state index is 12.9. The largest absolute Gasteiger partial charge is 0.319 e. The van der Waals surface area contributed by atoms with Crippen molar-refractivity contribution in [3.8, 4) is 0 Å². The van der Waals surface area contributed by atoms with Crippen LogP contribution in [0.1, 0.15) is 22.5 Å². The summed E-state index contributed by atoms with van der Waals surface area (Å²) in [6, 6.07) is 11.3. The fourth-order valence-electron chi connectivity index (χ4n) is 2.75. The number of carbonyl (C=O) groups excluding carboxylic acids is 1. The molecule has 3 aromatic rings. The number of halogens is 3. The number of nitrogens with one attached hydrogen (secondary N) is 1. The summed E-state index contributed by atoms with van der Waals surface area (Å²) in [6.07, 6.45) is 3.03. The van der Waals surface area contributed by atoms with Gasteiger partial charge in [-0.1, -0.05) is 41.4 Å². The van der Waals surface area contributed by atoms with Crippen LogP contribution in [0.4, 0.5) is 10.1 Å². The Hall–Kier alpha value is -2.63. The third kappa shape index (κ3) is 4.80. The van der Waals surface area contributed by atoms with Gasteiger partial charge in [0.1, 0.15) is 5.82 Å². The Balaban J connectivity index is 1.73. The SMILES string of the molecule is Cc1nn(Cc2ccc(Cl)c(Cl)c2)c(C)c1NC(=O)/C=C/c1ccc(F)cc1. The van der Waals surface area contributed by atoms with Gasteiger partial charge < -0.3 is 5.32 Å². The highest BCUT2D eigenvalue weighted by atomic mass is 35.5. The molecule has 0 unspecified atom stereocenters. The van der Waals surface area contributed by atoms with Gasteiger partial charge in [0, 0.05) is 6.08 Å². The van der Waals surface area contributed by atoms with E-state index >= 15 is 0 Å². The number of amides is 1. The number of benzene rings is 2. The topological polar surface area (TPSA) is 46.9 Å². The van der Waals surface area contributed by atoms with Crippen LogP contribution >= 0.6 is 23.2 Å². The average molecular weight is 418 g/mol. The molecule has 3 rings (SSSR count). The third-order valence-corrected chi connectivity index (χ3v) is 4.98. The normalized spacial score (nSPS) is 11.2. The lowest BCUT2D eigenvalue weighted by atomic mass is 10.2. The lowest BCUT2D eigenvalue weighted by Gasteiger charge is -2.07. The van der Waals surface area contributed by atoms with Crippen molar-refractivity contribution in [2.75, 3.05) is 5.32 Å². The summed E-state index contributed by atoms with van der Waals surface area (Å²) < 4.78 is 14.7. The van der Waals surface area contributed by atoms with E-state index in [1.54, 1.807) is 35.0 Å². The molecule has 1 heterocycles. The maximum Gasteiger partial charge on any atom is 0.248 e. The first-order valence-electron chi connectivity index (χ1n) is 8.56. The number of nitrogens with zero attached hydrogens (tertiary/aromatic N) is 2. The summed E-state index contributed by atoms with van der Waals surface area (Å²) in [7, 11) is 0. The van der Waals surface area contributed by atoms with Gasteiger partial charge in [0.05, 0.1) is 33.7 Å². The molecule has 144 valence electrons. The quantitative estimate of drug-likeness (QED) is 0.545. The molecule has 0 saturated heterocycles. The molecule has 1 aromatic heterocycles. The van der Waals surface area contributed by atoms with Crippen molar-refractivity contribution in [1.82, 2.24) is 9.78 Å². The van der Waals surface area contributed by atoms with E-state index in [1.807, 2.05) is 19.9 Å². The molecular weight excluding hydrogens is 400 g/mol. The van der Waals surface area contributed by atoms with Crippen molar-refractivity contribution >= 4 is 40.9 Å². The molecule has 1 amide bonds. The van der Waals surface area contributed by atoms with E-state index in [0.717, 1.165) is 16.8 Å². The van der Waals surface area contributed by atoms with Crippen LogP contribution in [0.2, 0.25) is 10.0 Å². The minimum absolute atomic E-state index is 0.287. The molecule has 0 fully saturated rings. The summed E-state index contributed by atoms with van der Waals surface area (Å²) in [5.41, 5.74) is 3.89. The minimum atomic E-state index is -0.317. The van der Waals surface area contributed by atoms with Crippen LogP contribution in [-0.2, 0) is 11.3 Å². The van der Waals surface area contributed by atoms with Crippen molar-refractivity contribution in [3.63, 3.8) is 0 Å². The molecule has 0 saturated carbocycles. The second-order valence-corrected chi connectivity index (χ2v) is 7.14. The fraction of sp³-hybridized carbons (Fsp3) is 0.143. The average Bonchev–Trinajstić information content (AvgIpc) is 2.92. The predicted octanol–water partition coefficient (Wildman–Crippen LogP) is 5.65. The van der Waals surface area contributed by atoms with E-state index in [4.69, 9.17) is 23.2 Å². The van der Waals surface area contributed by atoms with Crippen molar-refractivity contribution in [2.45, 2.75) is 20.4 Å². The van der Waals surface area contributed by atoms with Crippen molar-refractivity contribution in [3.05, 3.63) is 86.9 Å². The van der Waals surface area contributed by atoms with Crippen LogP contribution in [0, 0.1) is 19.7 Å². The fourth-order valence-corrected chi connectivity index (χ4v) is 3.07. The Kier molecular flexibility index (Phi) is 6.17. The zero-order valence-electron chi connectivity index (χ0n) is 15.3. The van der Waals surface area contributed by atoms with Gasteiger partial charge in [-0.2, -0.15) is 5.10 Å². The van der Waals surface area contributed by atoms with Gasteiger partial charge in [-0.25, -0.2) is 4.39 Å². The molecule has 0 spiro atoms. The molecule has 7 heteroatoms. The van der Waals surface area contributed by atoms with Crippen molar-refractivity contribution < 1.29 is 9.18 Å². The second-order valence-electron chi connectivity index (χ2n) is 6.33. The number of hydrogen-bond acceptors (Lipinski definition) is 2. The van der Waals surface area contributed by atoms with E-state index in [2.05, 4.69) is 10.4 Å². The molecule has 0 aliphatic carbocycles. The number of hydrogen-bond donors (Lipinski definition) is 1. The van der Waals surface area contributed by atoms with Gasteiger partial charge in [-0.15, -0.1) is 0 Å². The summed E-state index contributed by atoms with van der Waals surface area (Å²) in [5.74, 6) is -0.605. The van der Waals surface area contributed by atoms with Crippen LogP contribution in [0.15, 0.2) is 48.5 Å². The summed E-state index contributed by atoms with van der Waals surface area (Å²) in [4.78, 5) is 12.3. The standard InChI is InChI=1S/C21H18Cl2FN3O/c1-13-21(25-20(28)10-6-15-3-7-17(24)8-4-15)14(2)27(26-13)12-16-5-9-18(22)19(23)11-16/h3-11H,12H2,1-2H3,(H,25,28)/b10-6+. The molecule has 0 aliphatic rings. The number of carbonyl (C=O) groups is 1. The third-order valence-electron chi connectivity index (χ3n) is 4.24. The van der Waals surface area contributed by atoms with Gasteiger partial charge in [-0.05, 0) is 55.3 Å². The molecule has 0 bridgehead atoms. The number of rotatable bonds is 5. The highest BCUT2D eigenvalue weighted by molar-refractivity contribution is 6.42. The van der Waals surface area contributed by atoms with E-state index in [1.165, 1.54) is 18.2 Å². The number of aromatic nitrogens is 2. The molecule has 4 nitrogen and oxygen atoms in total. The van der Waals surface area contributed by atoms with E-state index in [0.29, 0.717) is 28.0 Å². The van der Waals surface area contributed by atoms with Crippen molar-refractivity contribution in [2.24, 2.45) is 0 Å². The Morgan fingerprint density at radius 2 is 1.86 bits per heavy atom. The first-order valence-corrected chi connectivity index (χ1v) is 9.31. The molecule has 1 N–H and O–H groups in total. The Bertz CT molecular complexity index is 1040. The smallest absolute Gasteiger partial charge is 0.248 e. The monoisotopic (exact) mass is 417 g/mol. The van der Waals surface area contributed by atoms with Crippen LogP contribution < -0.4 is 5.32 Å². The predicted molar refractivity (Wildman–Crippen MR) is 111 cm³/mol. The van der Waals surface area contributed by atoms with Gasteiger partial charge in [0.2, 0.25) is 5.91 Å². The number of anilines is 1. The van der Waals surface area contributed by atoms with E-state index in [9.17, 15) is 9.18 Å². The molecule has 0 atom stereocenters. The van der Waals surface area contributed by atoms with Gasteiger partial charge >= 0.3 is 0 Å². The molecular formula is C21H18Cl2FN3O. The summed E-state index contributed by atoms with van der Waals surface area (Å²) >= 11 is 12.0. The van der Waals surface area contributed by atoms with Crippen LogP contribution in [-0.4, -0.2) is 15.7 Å². The van der Waals surface area contributed by atoms with Gasteiger partial charge in [0.15, 0.2) is 0 Å². The Morgan fingerprint density at radius 3 is 2.54 bits per heavy atom. The lowest BCUT2D eigenvalue weighted by molar-refractivity contribution is -0.111. The first-order chi connectivity index (χ1) is 13.3. The Morgan fingerprint density at radius 1 is 1.14 bits per heavy atom. The highest BCUT2D eigenvalue weighted by Crippen LogP contribution is 2.25. The second kappa shape index (κ2) is 8.59.